The van der Waals surface area contributed by atoms with Crippen LogP contribution in [-0.4, -0.2) is 17.6 Å². The minimum absolute atomic E-state index is 0.0573. The smallest absolute Gasteiger partial charge is 0.131 e. The molecule has 0 spiro atoms. The maximum atomic E-state index is 6.06. The van der Waals surface area contributed by atoms with E-state index in [4.69, 9.17) is 15.2 Å². The van der Waals surface area contributed by atoms with Crippen LogP contribution in [0.1, 0.15) is 25.8 Å². The number of ether oxygens (including phenoxy) is 2. The molecule has 0 amide bonds. The van der Waals surface area contributed by atoms with Crippen LogP contribution in [0.4, 0.5) is 0 Å². The van der Waals surface area contributed by atoms with Gasteiger partial charge in [0.25, 0.3) is 0 Å². The van der Waals surface area contributed by atoms with Gasteiger partial charge in [-0.25, -0.2) is 0 Å². The highest BCUT2D eigenvalue weighted by Crippen LogP contribution is 2.38. The molecule has 1 atom stereocenters. The summed E-state index contributed by atoms with van der Waals surface area (Å²) in [6.45, 7) is 5.42. The van der Waals surface area contributed by atoms with Gasteiger partial charge in [0.1, 0.15) is 24.7 Å². The zero-order valence-electron chi connectivity index (χ0n) is 13.1. The van der Waals surface area contributed by atoms with Crippen LogP contribution < -0.4 is 15.2 Å². The fourth-order valence-electron chi connectivity index (χ4n) is 2.76. The molecule has 116 valence electrons. The van der Waals surface area contributed by atoms with Crippen LogP contribution in [0.2, 0.25) is 0 Å². The number of benzene rings is 1. The summed E-state index contributed by atoms with van der Waals surface area (Å²) in [4.78, 5) is 4.20. The molecule has 4 heteroatoms. The number of hydrogen-bond donors (Lipinski definition) is 1. The SMILES string of the molecule is CC(C)C[C@@H](N)COc1ccc2c(c1)OCc1ccncc1-2. The minimum atomic E-state index is 0.0573. The average molecular weight is 298 g/mol. The van der Waals surface area contributed by atoms with E-state index in [1.54, 1.807) is 6.20 Å². The van der Waals surface area contributed by atoms with E-state index in [1.165, 1.54) is 0 Å². The maximum Gasteiger partial charge on any atom is 0.131 e. The summed E-state index contributed by atoms with van der Waals surface area (Å²) < 4.78 is 11.6. The molecule has 0 fully saturated rings. The van der Waals surface area contributed by atoms with E-state index in [2.05, 4.69) is 18.8 Å². The second kappa shape index (κ2) is 6.36. The van der Waals surface area contributed by atoms with Gasteiger partial charge in [-0.1, -0.05) is 13.8 Å². The van der Waals surface area contributed by atoms with E-state index in [0.717, 1.165) is 34.6 Å². The third-order valence-corrected chi connectivity index (χ3v) is 3.78. The molecule has 2 heterocycles. The van der Waals surface area contributed by atoms with E-state index >= 15 is 0 Å². The Balaban J connectivity index is 1.73. The van der Waals surface area contributed by atoms with Gasteiger partial charge in [0.15, 0.2) is 0 Å². The molecule has 22 heavy (non-hydrogen) atoms. The highest BCUT2D eigenvalue weighted by molar-refractivity contribution is 5.75. The Morgan fingerprint density at radius 3 is 2.95 bits per heavy atom. The summed E-state index contributed by atoms with van der Waals surface area (Å²) in [6.07, 6.45) is 4.64. The molecular weight excluding hydrogens is 276 g/mol. The Morgan fingerprint density at radius 2 is 2.14 bits per heavy atom. The van der Waals surface area contributed by atoms with E-state index in [9.17, 15) is 0 Å². The second-order valence-electron chi connectivity index (χ2n) is 6.18. The number of pyridine rings is 1. The van der Waals surface area contributed by atoms with Crippen molar-refractivity contribution in [3.63, 3.8) is 0 Å². The number of aromatic nitrogens is 1. The Bertz CT molecular complexity index is 655. The van der Waals surface area contributed by atoms with Gasteiger partial charge in [-0.05, 0) is 30.5 Å². The van der Waals surface area contributed by atoms with E-state index in [0.29, 0.717) is 19.1 Å². The third-order valence-electron chi connectivity index (χ3n) is 3.78. The molecule has 0 unspecified atom stereocenters. The van der Waals surface area contributed by atoms with Crippen molar-refractivity contribution in [1.82, 2.24) is 4.98 Å². The van der Waals surface area contributed by atoms with Crippen LogP contribution >= 0.6 is 0 Å². The van der Waals surface area contributed by atoms with Gasteiger partial charge < -0.3 is 15.2 Å². The quantitative estimate of drug-likeness (QED) is 0.919. The molecule has 0 aliphatic carbocycles. The Morgan fingerprint density at radius 1 is 1.27 bits per heavy atom. The molecule has 0 saturated heterocycles. The molecule has 2 aromatic rings. The van der Waals surface area contributed by atoms with Crippen LogP contribution in [0.25, 0.3) is 11.1 Å². The fourth-order valence-corrected chi connectivity index (χ4v) is 2.76. The molecule has 1 aliphatic rings. The van der Waals surface area contributed by atoms with Crippen LogP contribution in [0, 0.1) is 5.92 Å². The lowest BCUT2D eigenvalue weighted by Gasteiger charge is -2.21. The number of nitrogens with zero attached hydrogens (tertiary/aromatic N) is 1. The summed E-state index contributed by atoms with van der Waals surface area (Å²) in [6, 6.07) is 7.98. The number of fused-ring (bicyclic) bond motifs is 3. The van der Waals surface area contributed by atoms with Crippen molar-refractivity contribution < 1.29 is 9.47 Å². The largest absolute Gasteiger partial charge is 0.492 e. The molecule has 2 N–H and O–H groups in total. The molecule has 1 aromatic carbocycles. The minimum Gasteiger partial charge on any atom is -0.492 e. The second-order valence-corrected chi connectivity index (χ2v) is 6.18. The van der Waals surface area contributed by atoms with Gasteiger partial charge in [-0.3, -0.25) is 4.98 Å². The predicted octanol–water partition coefficient (Wildman–Crippen LogP) is 3.39. The number of nitrogens with two attached hydrogens (primary N) is 1. The average Bonchev–Trinajstić information content (AvgIpc) is 2.52. The lowest BCUT2D eigenvalue weighted by molar-refractivity contribution is 0.265. The lowest BCUT2D eigenvalue weighted by atomic mass is 9.99. The van der Waals surface area contributed by atoms with Crippen LogP contribution in [0.15, 0.2) is 36.7 Å². The van der Waals surface area contributed by atoms with Gasteiger partial charge in [-0.15, -0.1) is 0 Å². The van der Waals surface area contributed by atoms with Crippen molar-refractivity contribution in [3.8, 4) is 22.6 Å². The lowest BCUT2D eigenvalue weighted by Crippen LogP contribution is -2.29. The van der Waals surface area contributed by atoms with Gasteiger partial charge >= 0.3 is 0 Å². The first-order chi connectivity index (χ1) is 10.6. The summed E-state index contributed by atoms with van der Waals surface area (Å²) in [5.74, 6) is 2.22. The topological polar surface area (TPSA) is 57.4 Å². The molecule has 0 radical (unpaired) electrons. The first-order valence-electron chi connectivity index (χ1n) is 7.72. The summed E-state index contributed by atoms with van der Waals surface area (Å²) >= 11 is 0. The van der Waals surface area contributed by atoms with Crippen molar-refractivity contribution in [3.05, 3.63) is 42.2 Å². The third kappa shape index (κ3) is 3.22. The van der Waals surface area contributed by atoms with Crippen molar-refractivity contribution in [2.45, 2.75) is 32.9 Å². The van der Waals surface area contributed by atoms with Gasteiger partial charge in [0.05, 0.1) is 0 Å². The normalized spacial score (nSPS) is 14.0. The Hall–Kier alpha value is -2.07. The van der Waals surface area contributed by atoms with Crippen molar-refractivity contribution >= 4 is 0 Å². The maximum absolute atomic E-state index is 6.06. The zero-order chi connectivity index (χ0) is 15.5. The van der Waals surface area contributed by atoms with Gasteiger partial charge in [-0.2, -0.15) is 0 Å². The summed E-state index contributed by atoms with van der Waals surface area (Å²) in [7, 11) is 0. The molecule has 0 bridgehead atoms. The highest BCUT2D eigenvalue weighted by atomic mass is 16.5. The summed E-state index contributed by atoms with van der Waals surface area (Å²) in [5.41, 5.74) is 9.42. The Labute approximate surface area is 131 Å². The van der Waals surface area contributed by atoms with Crippen molar-refractivity contribution in [1.29, 1.82) is 0 Å². The molecule has 3 rings (SSSR count). The standard InChI is InChI=1S/C18H22N2O2/c1-12(2)7-14(19)11-21-15-3-4-16-17-9-20-6-5-13(17)10-22-18(16)8-15/h3-6,8-9,12,14H,7,10-11,19H2,1-2H3/t14-/m1/s1. The van der Waals surface area contributed by atoms with E-state index in [1.807, 2.05) is 30.5 Å². The first-order valence-corrected chi connectivity index (χ1v) is 7.72. The van der Waals surface area contributed by atoms with Gasteiger partial charge in [0, 0.05) is 41.2 Å². The number of hydrogen-bond acceptors (Lipinski definition) is 4. The zero-order valence-corrected chi connectivity index (χ0v) is 13.1. The van der Waals surface area contributed by atoms with Gasteiger partial charge in [0.2, 0.25) is 0 Å². The predicted molar refractivity (Wildman–Crippen MR) is 86.9 cm³/mol. The molecular formula is C18H22N2O2. The molecule has 0 saturated carbocycles. The Kier molecular flexibility index (Phi) is 4.29. The van der Waals surface area contributed by atoms with Crippen LogP contribution in [0.3, 0.4) is 0 Å². The molecule has 1 aromatic heterocycles. The van der Waals surface area contributed by atoms with Crippen LogP contribution in [-0.2, 0) is 6.61 Å². The van der Waals surface area contributed by atoms with E-state index < -0.39 is 0 Å². The highest BCUT2D eigenvalue weighted by Gasteiger charge is 2.18. The first kappa shape index (κ1) is 14.9. The number of rotatable bonds is 5. The van der Waals surface area contributed by atoms with Crippen molar-refractivity contribution in [2.75, 3.05) is 6.61 Å². The van der Waals surface area contributed by atoms with Crippen molar-refractivity contribution in [2.24, 2.45) is 11.7 Å². The molecule has 1 aliphatic heterocycles. The monoisotopic (exact) mass is 298 g/mol. The van der Waals surface area contributed by atoms with Crippen LogP contribution in [0.5, 0.6) is 11.5 Å². The summed E-state index contributed by atoms with van der Waals surface area (Å²) in [5, 5.41) is 0. The fraction of sp³-hybridized carbons (Fsp3) is 0.389. The molecule has 4 nitrogen and oxygen atoms in total. The van der Waals surface area contributed by atoms with E-state index in [-0.39, 0.29) is 6.04 Å².